The molecule has 1 N–H and O–H groups in total. The molecule has 1 atom stereocenters. The quantitative estimate of drug-likeness (QED) is 0.738. The lowest BCUT2D eigenvalue weighted by Crippen LogP contribution is -2.40. The standard InChI is InChI=1S/C11H15FN2/c1-3-14-7-8(2)13-11-9(12)5-4-6-10(11)14/h4-6,8,13H,3,7H2,1-2H3. The van der Waals surface area contributed by atoms with Gasteiger partial charge in [0.15, 0.2) is 0 Å². The minimum absolute atomic E-state index is 0.160. The first-order valence-corrected chi connectivity index (χ1v) is 5.02. The van der Waals surface area contributed by atoms with Crippen LogP contribution < -0.4 is 10.2 Å². The fraction of sp³-hybridized carbons (Fsp3) is 0.455. The van der Waals surface area contributed by atoms with E-state index in [0.717, 1.165) is 18.8 Å². The number of rotatable bonds is 1. The molecule has 0 bridgehead atoms. The molecule has 14 heavy (non-hydrogen) atoms. The van der Waals surface area contributed by atoms with Crippen molar-refractivity contribution in [1.82, 2.24) is 0 Å². The summed E-state index contributed by atoms with van der Waals surface area (Å²) in [6.45, 7) is 6.01. The van der Waals surface area contributed by atoms with Crippen molar-refractivity contribution in [1.29, 1.82) is 0 Å². The van der Waals surface area contributed by atoms with Gasteiger partial charge in [-0.05, 0) is 26.0 Å². The van der Waals surface area contributed by atoms with E-state index in [4.69, 9.17) is 0 Å². The fourth-order valence-electron chi connectivity index (χ4n) is 1.94. The fourth-order valence-corrected chi connectivity index (χ4v) is 1.94. The maximum atomic E-state index is 13.5. The summed E-state index contributed by atoms with van der Waals surface area (Å²) in [4.78, 5) is 2.19. The smallest absolute Gasteiger partial charge is 0.148 e. The number of nitrogens with zero attached hydrogens (tertiary/aromatic N) is 1. The van der Waals surface area contributed by atoms with E-state index in [1.807, 2.05) is 6.07 Å². The van der Waals surface area contributed by atoms with Gasteiger partial charge in [-0.25, -0.2) is 4.39 Å². The van der Waals surface area contributed by atoms with Crippen LogP contribution in [-0.4, -0.2) is 19.1 Å². The molecule has 0 saturated carbocycles. The first-order chi connectivity index (χ1) is 6.72. The maximum absolute atomic E-state index is 13.5. The van der Waals surface area contributed by atoms with E-state index >= 15 is 0 Å². The summed E-state index contributed by atoms with van der Waals surface area (Å²) < 4.78 is 13.5. The molecule has 0 amide bonds. The molecule has 0 fully saturated rings. The normalized spacial score (nSPS) is 20.2. The Kier molecular flexibility index (Phi) is 2.32. The maximum Gasteiger partial charge on any atom is 0.148 e. The van der Waals surface area contributed by atoms with Gasteiger partial charge in [0.2, 0.25) is 0 Å². The van der Waals surface area contributed by atoms with Crippen molar-refractivity contribution in [3.05, 3.63) is 24.0 Å². The van der Waals surface area contributed by atoms with Gasteiger partial charge in [-0.2, -0.15) is 0 Å². The van der Waals surface area contributed by atoms with Gasteiger partial charge in [0, 0.05) is 19.1 Å². The molecule has 2 nitrogen and oxygen atoms in total. The summed E-state index contributed by atoms with van der Waals surface area (Å²) in [6, 6.07) is 5.52. The van der Waals surface area contributed by atoms with E-state index in [1.54, 1.807) is 6.07 Å². The first-order valence-electron chi connectivity index (χ1n) is 5.02. The highest BCUT2D eigenvalue weighted by Gasteiger charge is 2.21. The average molecular weight is 194 g/mol. The number of hydrogen-bond donors (Lipinski definition) is 1. The van der Waals surface area contributed by atoms with Crippen LogP contribution >= 0.6 is 0 Å². The Balaban J connectivity index is 2.45. The molecule has 1 aliphatic rings. The summed E-state index contributed by atoms with van der Waals surface area (Å²) in [5.74, 6) is -0.160. The van der Waals surface area contributed by atoms with Gasteiger partial charge in [0.25, 0.3) is 0 Å². The number of fused-ring (bicyclic) bond motifs is 1. The van der Waals surface area contributed by atoms with Crippen LogP contribution in [0, 0.1) is 5.82 Å². The molecule has 1 aromatic rings. The van der Waals surface area contributed by atoms with Crippen molar-refractivity contribution in [3.8, 4) is 0 Å². The van der Waals surface area contributed by atoms with E-state index < -0.39 is 0 Å². The predicted octanol–water partition coefficient (Wildman–Crippen LogP) is 2.47. The average Bonchev–Trinajstić information content (AvgIpc) is 2.18. The topological polar surface area (TPSA) is 15.3 Å². The highest BCUT2D eigenvalue weighted by atomic mass is 19.1. The van der Waals surface area contributed by atoms with Crippen molar-refractivity contribution in [2.24, 2.45) is 0 Å². The molecular weight excluding hydrogens is 179 g/mol. The van der Waals surface area contributed by atoms with Crippen molar-refractivity contribution in [2.75, 3.05) is 23.3 Å². The molecule has 2 rings (SSSR count). The van der Waals surface area contributed by atoms with Crippen LogP contribution in [0.4, 0.5) is 15.8 Å². The number of benzene rings is 1. The zero-order valence-corrected chi connectivity index (χ0v) is 8.55. The van der Waals surface area contributed by atoms with Crippen molar-refractivity contribution in [3.63, 3.8) is 0 Å². The minimum Gasteiger partial charge on any atom is -0.377 e. The van der Waals surface area contributed by atoms with E-state index in [0.29, 0.717) is 11.7 Å². The van der Waals surface area contributed by atoms with Gasteiger partial charge in [-0.3, -0.25) is 0 Å². The third-order valence-electron chi connectivity index (χ3n) is 2.60. The molecule has 0 aliphatic carbocycles. The van der Waals surface area contributed by atoms with Gasteiger partial charge >= 0.3 is 0 Å². The SMILES string of the molecule is CCN1CC(C)Nc2c(F)cccc21. The largest absolute Gasteiger partial charge is 0.377 e. The second-order valence-electron chi connectivity index (χ2n) is 3.72. The Morgan fingerprint density at radius 1 is 1.57 bits per heavy atom. The number of anilines is 2. The molecule has 1 unspecified atom stereocenters. The summed E-state index contributed by atoms with van der Waals surface area (Å²) in [7, 11) is 0. The second kappa shape index (κ2) is 3.48. The van der Waals surface area contributed by atoms with E-state index in [1.165, 1.54) is 6.07 Å². The van der Waals surface area contributed by atoms with Gasteiger partial charge < -0.3 is 10.2 Å². The summed E-state index contributed by atoms with van der Waals surface area (Å²) in [6.07, 6.45) is 0. The van der Waals surface area contributed by atoms with Crippen molar-refractivity contribution in [2.45, 2.75) is 19.9 Å². The number of nitrogens with one attached hydrogen (secondary N) is 1. The summed E-state index contributed by atoms with van der Waals surface area (Å²) in [5, 5.41) is 3.18. The zero-order chi connectivity index (χ0) is 10.1. The van der Waals surface area contributed by atoms with Crippen LogP contribution in [0.25, 0.3) is 0 Å². The van der Waals surface area contributed by atoms with Crippen LogP contribution in [0.15, 0.2) is 18.2 Å². The first kappa shape index (κ1) is 9.31. The Morgan fingerprint density at radius 3 is 3.07 bits per heavy atom. The van der Waals surface area contributed by atoms with Gasteiger partial charge in [-0.15, -0.1) is 0 Å². The van der Waals surface area contributed by atoms with Crippen LogP contribution in [0.2, 0.25) is 0 Å². The van der Waals surface area contributed by atoms with Crippen LogP contribution in [0.3, 0.4) is 0 Å². The molecule has 3 heteroatoms. The number of halogens is 1. The van der Waals surface area contributed by atoms with Crippen molar-refractivity contribution < 1.29 is 4.39 Å². The molecule has 0 spiro atoms. The molecule has 0 aromatic heterocycles. The number of para-hydroxylation sites is 1. The minimum atomic E-state index is -0.160. The van der Waals surface area contributed by atoms with Crippen LogP contribution in [-0.2, 0) is 0 Å². The highest BCUT2D eigenvalue weighted by Crippen LogP contribution is 2.32. The molecule has 76 valence electrons. The predicted molar refractivity (Wildman–Crippen MR) is 57.4 cm³/mol. The lowest BCUT2D eigenvalue weighted by atomic mass is 10.1. The van der Waals surface area contributed by atoms with Gasteiger partial charge in [-0.1, -0.05) is 6.07 Å². The Labute approximate surface area is 83.7 Å². The summed E-state index contributed by atoms with van der Waals surface area (Å²) in [5.41, 5.74) is 1.62. The number of hydrogen-bond acceptors (Lipinski definition) is 2. The van der Waals surface area contributed by atoms with Crippen molar-refractivity contribution >= 4 is 11.4 Å². The second-order valence-corrected chi connectivity index (χ2v) is 3.72. The lowest BCUT2D eigenvalue weighted by Gasteiger charge is -2.35. The van der Waals surface area contributed by atoms with E-state index in [-0.39, 0.29) is 5.82 Å². The Morgan fingerprint density at radius 2 is 2.36 bits per heavy atom. The molecule has 1 aliphatic heterocycles. The molecule has 0 saturated heterocycles. The third kappa shape index (κ3) is 1.43. The lowest BCUT2D eigenvalue weighted by molar-refractivity contribution is 0.614. The molecule has 1 heterocycles. The number of likely N-dealkylation sites (N-methyl/N-ethyl adjacent to an activating group) is 1. The Bertz CT molecular complexity index is 338. The van der Waals surface area contributed by atoms with Crippen LogP contribution in [0.1, 0.15) is 13.8 Å². The van der Waals surface area contributed by atoms with Crippen LogP contribution in [0.5, 0.6) is 0 Å². The highest BCUT2D eigenvalue weighted by molar-refractivity contribution is 5.73. The van der Waals surface area contributed by atoms with E-state index in [9.17, 15) is 4.39 Å². The van der Waals surface area contributed by atoms with Gasteiger partial charge in [0.1, 0.15) is 5.82 Å². The van der Waals surface area contributed by atoms with Gasteiger partial charge in [0.05, 0.1) is 11.4 Å². The molecular formula is C11H15FN2. The zero-order valence-electron chi connectivity index (χ0n) is 8.55. The molecule has 0 radical (unpaired) electrons. The summed E-state index contributed by atoms with van der Waals surface area (Å²) >= 11 is 0. The Hall–Kier alpha value is -1.25. The monoisotopic (exact) mass is 194 g/mol. The van der Waals surface area contributed by atoms with E-state index in [2.05, 4.69) is 24.1 Å². The molecule has 1 aromatic carbocycles. The third-order valence-corrected chi connectivity index (χ3v) is 2.60.